The van der Waals surface area contributed by atoms with Gasteiger partial charge in [-0.2, -0.15) is 0 Å². The molecule has 0 aliphatic rings. The van der Waals surface area contributed by atoms with E-state index in [2.05, 4.69) is 19.3 Å². The molecular weight excluding hydrogens is 231 g/mol. The standard InChI is InChI=1S/C14H19FN2O/c1-3-9(4-2)13(17-16)12-8-10-6-5-7-11(15)14(10)18-12/h5-9,13,17H,3-4,16H2,1-2H3. The van der Waals surface area contributed by atoms with Crippen LogP contribution in [0.2, 0.25) is 0 Å². The fraction of sp³-hybridized carbons (Fsp3) is 0.429. The van der Waals surface area contributed by atoms with Gasteiger partial charge in [0.25, 0.3) is 0 Å². The van der Waals surface area contributed by atoms with E-state index in [1.54, 1.807) is 6.07 Å². The van der Waals surface area contributed by atoms with Crippen molar-refractivity contribution in [2.45, 2.75) is 32.7 Å². The highest BCUT2D eigenvalue weighted by Crippen LogP contribution is 2.31. The Kier molecular flexibility index (Phi) is 3.99. The smallest absolute Gasteiger partial charge is 0.169 e. The zero-order valence-electron chi connectivity index (χ0n) is 10.7. The Balaban J connectivity index is 2.42. The van der Waals surface area contributed by atoms with Crippen molar-refractivity contribution >= 4 is 11.0 Å². The Bertz CT molecular complexity index is 519. The van der Waals surface area contributed by atoms with Crippen molar-refractivity contribution in [2.75, 3.05) is 0 Å². The minimum Gasteiger partial charge on any atom is -0.456 e. The number of benzene rings is 1. The van der Waals surface area contributed by atoms with Crippen molar-refractivity contribution < 1.29 is 8.81 Å². The Morgan fingerprint density at radius 3 is 2.61 bits per heavy atom. The number of rotatable bonds is 5. The van der Waals surface area contributed by atoms with Crippen molar-refractivity contribution in [3.8, 4) is 0 Å². The summed E-state index contributed by atoms with van der Waals surface area (Å²) in [5.41, 5.74) is 3.09. The summed E-state index contributed by atoms with van der Waals surface area (Å²) >= 11 is 0. The van der Waals surface area contributed by atoms with Crippen molar-refractivity contribution in [2.24, 2.45) is 11.8 Å². The van der Waals surface area contributed by atoms with Crippen LogP contribution in [-0.4, -0.2) is 0 Å². The second-order valence-corrected chi connectivity index (χ2v) is 4.53. The summed E-state index contributed by atoms with van der Waals surface area (Å²) in [6.45, 7) is 4.23. The first-order chi connectivity index (χ1) is 8.71. The lowest BCUT2D eigenvalue weighted by Gasteiger charge is -2.22. The molecule has 0 radical (unpaired) electrons. The van der Waals surface area contributed by atoms with Crippen LogP contribution in [0.1, 0.15) is 38.5 Å². The molecule has 2 rings (SSSR count). The van der Waals surface area contributed by atoms with E-state index in [0.717, 1.165) is 18.2 Å². The van der Waals surface area contributed by atoms with E-state index in [1.165, 1.54) is 6.07 Å². The van der Waals surface area contributed by atoms with E-state index < -0.39 is 0 Å². The largest absolute Gasteiger partial charge is 0.456 e. The van der Waals surface area contributed by atoms with E-state index in [4.69, 9.17) is 10.3 Å². The Morgan fingerprint density at radius 2 is 2.06 bits per heavy atom. The van der Waals surface area contributed by atoms with Crippen LogP contribution in [0.15, 0.2) is 28.7 Å². The van der Waals surface area contributed by atoms with Crippen molar-refractivity contribution in [1.82, 2.24) is 5.43 Å². The third-order valence-corrected chi connectivity index (χ3v) is 3.52. The predicted molar refractivity (Wildman–Crippen MR) is 70.3 cm³/mol. The summed E-state index contributed by atoms with van der Waals surface area (Å²) in [6.07, 6.45) is 1.98. The molecule has 4 heteroatoms. The number of para-hydroxylation sites is 1. The fourth-order valence-corrected chi connectivity index (χ4v) is 2.41. The normalized spacial score (nSPS) is 13.4. The van der Waals surface area contributed by atoms with Gasteiger partial charge < -0.3 is 4.42 Å². The van der Waals surface area contributed by atoms with Gasteiger partial charge in [0.1, 0.15) is 5.76 Å². The Morgan fingerprint density at radius 1 is 1.33 bits per heavy atom. The molecule has 3 nitrogen and oxygen atoms in total. The molecule has 1 heterocycles. The summed E-state index contributed by atoms with van der Waals surface area (Å²) in [6, 6.07) is 6.70. The van der Waals surface area contributed by atoms with Gasteiger partial charge in [-0.05, 0) is 18.1 Å². The molecule has 1 aromatic carbocycles. The molecule has 18 heavy (non-hydrogen) atoms. The number of nitrogens with two attached hydrogens (primary N) is 1. The molecule has 1 atom stereocenters. The second-order valence-electron chi connectivity index (χ2n) is 4.53. The number of nitrogens with one attached hydrogen (secondary N) is 1. The van der Waals surface area contributed by atoms with Crippen LogP contribution < -0.4 is 11.3 Å². The van der Waals surface area contributed by atoms with Gasteiger partial charge in [0.05, 0.1) is 6.04 Å². The first kappa shape index (κ1) is 13.1. The number of hydrazine groups is 1. The van der Waals surface area contributed by atoms with Gasteiger partial charge in [-0.1, -0.05) is 38.8 Å². The average molecular weight is 250 g/mol. The molecule has 3 N–H and O–H groups in total. The van der Waals surface area contributed by atoms with Gasteiger partial charge in [-0.15, -0.1) is 0 Å². The number of furan rings is 1. The van der Waals surface area contributed by atoms with Crippen LogP contribution in [0.3, 0.4) is 0 Å². The molecule has 0 saturated carbocycles. The SMILES string of the molecule is CCC(CC)C(NN)c1cc2cccc(F)c2o1. The molecule has 1 aromatic heterocycles. The molecule has 0 aliphatic carbocycles. The second kappa shape index (κ2) is 5.50. The molecule has 1 unspecified atom stereocenters. The summed E-state index contributed by atoms with van der Waals surface area (Å²) in [4.78, 5) is 0. The van der Waals surface area contributed by atoms with E-state index in [9.17, 15) is 4.39 Å². The molecule has 0 aliphatic heterocycles. The molecule has 0 bridgehead atoms. The predicted octanol–water partition coefficient (Wildman–Crippen LogP) is 3.51. The van der Waals surface area contributed by atoms with Gasteiger partial charge in [0.2, 0.25) is 0 Å². The molecule has 98 valence electrons. The van der Waals surface area contributed by atoms with E-state index in [-0.39, 0.29) is 11.9 Å². The number of halogens is 1. The minimum atomic E-state index is -0.334. The van der Waals surface area contributed by atoms with Crippen LogP contribution in [0.25, 0.3) is 11.0 Å². The zero-order chi connectivity index (χ0) is 13.1. The van der Waals surface area contributed by atoms with Crippen LogP contribution in [-0.2, 0) is 0 Å². The first-order valence-electron chi connectivity index (χ1n) is 6.35. The molecule has 0 spiro atoms. The molecule has 2 aromatic rings. The topological polar surface area (TPSA) is 51.2 Å². The van der Waals surface area contributed by atoms with E-state index in [1.807, 2.05) is 12.1 Å². The molecule has 0 amide bonds. The van der Waals surface area contributed by atoms with Crippen LogP contribution in [0.5, 0.6) is 0 Å². The lowest BCUT2D eigenvalue weighted by molar-refractivity contribution is 0.302. The van der Waals surface area contributed by atoms with Crippen molar-refractivity contribution in [3.05, 3.63) is 35.8 Å². The van der Waals surface area contributed by atoms with Crippen LogP contribution in [0.4, 0.5) is 4.39 Å². The van der Waals surface area contributed by atoms with Crippen molar-refractivity contribution in [3.63, 3.8) is 0 Å². The first-order valence-corrected chi connectivity index (χ1v) is 6.35. The summed E-state index contributed by atoms with van der Waals surface area (Å²) in [5, 5.41) is 0.774. The maximum absolute atomic E-state index is 13.6. The quantitative estimate of drug-likeness (QED) is 0.630. The van der Waals surface area contributed by atoms with Gasteiger partial charge in [-0.25, -0.2) is 9.82 Å². The number of hydrogen-bond acceptors (Lipinski definition) is 3. The van der Waals surface area contributed by atoms with E-state index >= 15 is 0 Å². The fourth-order valence-electron chi connectivity index (χ4n) is 2.41. The van der Waals surface area contributed by atoms with Gasteiger partial charge >= 0.3 is 0 Å². The summed E-state index contributed by atoms with van der Waals surface area (Å²) in [5.74, 6) is 6.35. The molecule has 0 fully saturated rings. The third kappa shape index (κ3) is 2.26. The number of fused-ring (bicyclic) bond motifs is 1. The third-order valence-electron chi connectivity index (χ3n) is 3.52. The monoisotopic (exact) mass is 250 g/mol. The maximum atomic E-state index is 13.6. The van der Waals surface area contributed by atoms with Crippen molar-refractivity contribution in [1.29, 1.82) is 0 Å². The van der Waals surface area contributed by atoms with Crippen LogP contribution in [0, 0.1) is 11.7 Å². The lowest BCUT2D eigenvalue weighted by atomic mass is 9.93. The molecule has 0 saturated heterocycles. The highest BCUT2D eigenvalue weighted by molar-refractivity contribution is 5.78. The zero-order valence-corrected chi connectivity index (χ0v) is 10.7. The maximum Gasteiger partial charge on any atom is 0.169 e. The minimum absolute atomic E-state index is 0.0770. The average Bonchev–Trinajstić information content (AvgIpc) is 2.80. The number of hydrogen-bond donors (Lipinski definition) is 2. The lowest BCUT2D eigenvalue weighted by Crippen LogP contribution is -2.32. The van der Waals surface area contributed by atoms with E-state index in [0.29, 0.717) is 17.3 Å². The highest BCUT2D eigenvalue weighted by Gasteiger charge is 2.23. The summed E-state index contributed by atoms with van der Waals surface area (Å²) < 4.78 is 19.2. The molecular formula is C14H19FN2O. The Labute approximate surface area is 106 Å². The van der Waals surface area contributed by atoms with Crippen LogP contribution >= 0.6 is 0 Å². The Hall–Kier alpha value is -1.39. The van der Waals surface area contributed by atoms with Gasteiger partial charge in [0.15, 0.2) is 11.4 Å². The van der Waals surface area contributed by atoms with Gasteiger partial charge in [0, 0.05) is 5.39 Å². The van der Waals surface area contributed by atoms with Gasteiger partial charge in [-0.3, -0.25) is 5.84 Å². The summed E-state index contributed by atoms with van der Waals surface area (Å²) in [7, 11) is 0. The highest BCUT2D eigenvalue weighted by atomic mass is 19.1.